The Labute approximate surface area is 98.4 Å². The predicted molar refractivity (Wildman–Crippen MR) is 65.0 cm³/mol. The van der Waals surface area contributed by atoms with Crippen LogP contribution in [0.2, 0.25) is 0 Å². The molecule has 0 amide bonds. The van der Waals surface area contributed by atoms with E-state index in [1.54, 1.807) is 12.4 Å². The van der Waals surface area contributed by atoms with E-state index in [1.807, 2.05) is 42.5 Å². The number of benzene rings is 1. The summed E-state index contributed by atoms with van der Waals surface area (Å²) < 4.78 is 0. The van der Waals surface area contributed by atoms with Crippen LogP contribution in [0.4, 0.5) is 0 Å². The molecule has 0 saturated heterocycles. The highest BCUT2D eigenvalue weighted by molar-refractivity contribution is 5.76. The quantitative estimate of drug-likeness (QED) is 0.724. The highest BCUT2D eigenvalue weighted by Gasteiger charge is 2.11. The second-order valence-electron chi connectivity index (χ2n) is 3.63. The zero-order valence-electron chi connectivity index (χ0n) is 9.04. The summed E-state index contributed by atoms with van der Waals surface area (Å²) in [5, 5.41) is 11.1. The van der Waals surface area contributed by atoms with Crippen LogP contribution in [0.5, 0.6) is 0 Å². The molecule has 0 fully saturated rings. The van der Waals surface area contributed by atoms with Gasteiger partial charge in [-0.2, -0.15) is 15.4 Å². The summed E-state index contributed by atoms with van der Waals surface area (Å²) in [4.78, 5) is 4.09. The zero-order chi connectivity index (χ0) is 11.5. The monoisotopic (exact) mass is 222 g/mol. The van der Waals surface area contributed by atoms with Crippen LogP contribution >= 0.6 is 0 Å². The molecule has 0 aliphatic carbocycles. The largest absolute Gasteiger partial charge is 0.264 e. The van der Waals surface area contributed by atoms with Gasteiger partial charge in [0.05, 0.1) is 0 Å². The fraction of sp³-hybridized carbons (Fsp3) is 0. The second-order valence-corrected chi connectivity index (χ2v) is 3.63. The Hall–Kier alpha value is -2.49. The number of aromatic nitrogens is 4. The molecule has 17 heavy (non-hydrogen) atoms. The van der Waals surface area contributed by atoms with Gasteiger partial charge in [-0.3, -0.25) is 4.98 Å². The van der Waals surface area contributed by atoms with Gasteiger partial charge in [0.1, 0.15) is 11.4 Å². The lowest BCUT2D eigenvalue weighted by atomic mass is 10.1. The van der Waals surface area contributed by atoms with Gasteiger partial charge in [0.25, 0.3) is 0 Å². The average Bonchev–Trinajstić information content (AvgIpc) is 2.90. The van der Waals surface area contributed by atoms with Gasteiger partial charge in [0.2, 0.25) is 0 Å². The first-order chi connectivity index (χ1) is 8.45. The van der Waals surface area contributed by atoms with Gasteiger partial charge in [0.15, 0.2) is 0 Å². The lowest BCUT2D eigenvalue weighted by Gasteiger charge is -1.99. The molecule has 0 bridgehead atoms. The lowest BCUT2D eigenvalue weighted by Crippen LogP contribution is -1.84. The van der Waals surface area contributed by atoms with E-state index in [0.29, 0.717) is 0 Å². The van der Waals surface area contributed by atoms with Crippen molar-refractivity contribution in [2.45, 2.75) is 0 Å². The Morgan fingerprint density at radius 3 is 2.18 bits per heavy atom. The highest BCUT2D eigenvalue weighted by Crippen LogP contribution is 2.26. The fourth-order valence-corrected chi connectivity index (χ4v) is 1.73. The third-order valence-electron chi connectivity index (χ3n) is 2.53. The molecule has 0 aliphatic heterocycles. The summed E-state index contributed by atoms with van der Waals surface area (Å²) >= 11 is 0. The van der Waals surface area contributed by atoms with E-state index in [4.69, 9.17) is 0 Å². The summed E-state index contributed by atoms with van der Waals surface area (Å²) in [6.07, 6.45) is 3.52. The van der Waals surface area contributed by atoms with Crippen molar-refractivity contribution in [1.82, 2.24) is 20.4 Å². The van der Waals surface area contributed by atoms with Gasteiger partial charge in [-0.05, 0) is 12.1 Å². The Bertz CT molecular complexity index is 548. The van der Waals surface area contributed by atoms with Crippen molar-refractivity contribution >= 4 is 0 Å². The Kier molecular flexibility index (Phi) is 2.38. The predicted octanol–water partition coefficient (Wildman–Crippen LogP) is 2.53. The van der Waals surface area contributed by atoms with Crippen molar-refractivity contribution in [3.05, 3.63) is 54.9 Å². The second kappa shape index (κ2) is 4.17. The molecule has 0 saturated carbocycles. The van der Waals surface area contributed by atoms with E-state index in [2.05, 4.69) is 20.4 Å². The molecule has 2 heterocycles. The Balaban J connectivity index is 2.13. The summed E-state index contributed by atoms with van der Waals surface area (Å²) in [5.41, 5.74) is 3.67. The van der Waals surface area contributed by atoms with Gasteiger partial charge in [-0.15, -0.1) is 0 Å². The SMILES string of the molecule is c1ccc(-c2n[nH]nc2-c2cccnc2)cc1. The minimum atomic E-state index is 0.823. The van der Waals surface area contributed by atoms with Crippen LogP contribution in [-0.4, -0.2) is 20.4 Å². The number of H-pyrrole nitrogens is 1. The summed E-state index contributed by atoms with van der Waals surface area (Å²) in [5.74, 6) is 0. The topological polar surface area (TPSA) is 54.5 Å². The van der Waals surface area contributed by atoms with E-state index in [1.165, 1.54) is 0 Å². The van der Waals surface area contributed by atoms with Crippen molar-refractivity contribution in [2.75, 3.05) is 0 Å². The van der Waals surface area contributed by atoms with Gasteiger partial charge >= 0.3 is 0 Å². The number of nitrogens with one attached hydrogen (secondary N) is 1. The molecule has 2 aromatic heterocycles. The van der Waals surface area contributed by atoms with Crippen LogP contribution in [0, 0.1) is 0 Å². The average molecular weight is 222 g/mol. The van der Waals surface area contributed by atoms with Gasteiger partial charge in [0, 0.05) is 23.5 Å². The minimum absolute atomic E-state index is 0.823. The number of nitrogens with zero attached hydrogens (tertiary/aromatic N) is 3. The lowest BCUT2D eigenvalue weighted by molar-refractivity contribution is 0.944. The van der Waals surface area contributed by atoms with Crippen molar-refractivity contribution in [3.63, 3.8) is 0 Å². The van der Waals surface area contributed by atoms with Crippen LogP contribution in [-0.2, 0) is 0 Å². The molecule has 3 aromatic rings. The van der Waals surface area contributed by atoms with Crippen LogP contribution in [0.3, 0.4) is 0 Å². The third kappa shape index (κ3) is 1.80. The third-order valence-corrected chi connectivity index (χ3v) is 2.53. The van der Waals surface area contributed by atoms with Gasteiger partial charge in [-0.1, -0.05) is 30.3 Å². The van der Waals surface area contributed by atoms with Gasteiger partial charge < -0.3 is 0 Å². The highest BCUT2D eigenvalue weighted by atomic mass is 15.3. The van der Waals surface area contributed by atoms with Crippen LogP contribution < -0.4 is 0 Å². The van der Waals surface area contributed by atoms with Gasteiger partial charge in [-0.25, -0.2) is 0 Å². The molecule has 3 rings (SSSR count). The summed E-state index contributed by atoms with van der Waals surface area (Å²) in [7, 11) is 0. The number of hydrogen-bond acceptors (Lipinski definition) is 3. The molecule has 4 nitrogen and oxygen atoms in total. The standard InChI is InChI=1S/C13H10N4/c1-2-5-10(6-3-1)12-13(16-17-15-12)11-7-4-8-14-9-11/h1-9H,(H,15,16,17). The number of rotatable bonds is 2. The first-order valence-corrected chi connectivity index (χ1v) is 5.32. The normalized spacial score (nSPS) is 10.4. The number of pyridine rings is 1. The van der Waals surface area contributed by atoms with E-state index in [-0.39, 0.29) is 0 Å². The molecule has 0 unspecified atom stereocenters. The molecular weight excluding hydrogens is 212 g/mol. The fourth-order valence-electron chi connectivity index (χ4n) is 1.73. The van der Waals surface area contributed by atoms with Crippen LogP contribution in [0.25, 0.3) is 22.5 Å². The maximum atomic E-state index is 4.20. The van der Waals surface area contributed by atoms with E-state index >= 15 is 0 Å². The molecule has 1 aromatic carbocycles. The first kappa shape index (κ1) is 9.72. The number of aromatic amines is 1. The number of hydrogen-bond donors (Lipinski definition) is 1. The summed E-state index contributed by atoms with van der Waals surface area (Å²) in [6, 6.07) is 13.8. The summed E-state index contributed by atoms with van der Waals surface area (Å²) in [6.45, 7) is 0. The zero-order valence-corrected chi connectivity index (χ0v) is 9.04. The van der Waals surface area contributed by atoms with E-state index in [9.17, 15) is 0 Å². The molecule has 82 valence electrons. The minimum Gasteiger partial charge on any atom is -0.264 e. The van der Waals surface area contributed by atoms with Crippen molar-refractivity contribution < 1.29 is 0 Å². The molecule has 0 aliphatic rings. The van der Waals surface area contributed by atoms with E-state index < -0.39 is 0 Å². The smallest absolute Gasteiger partial charge is 0.122 e. The molecule has 0 radical (unpaired) electrons. The van der Waals surface area contributed by atoms with E-state index in [0.717, 1.165) is 22.5 Å². The molecule has 0 atom stereocenters. The van der Waals surface area contributed by atoms with Crippen molar-refractivity contribution in [1.29, 1.82) is 0 Å². The molecule has 1 N–H and O–H groups in total. The molecule has 4 heteroatoms. The van der Waals surface area contributed by atoms with Crippen LogP contribution in [0.1, 0.15) is 0 Å². The Morgan fingerprint density at radius 1 is 0.765 bits per heavy atom. The van der Waals surface area contributed by atoms with Crippen LogP contribution in [0.15, 0.2) is 54.9 Å². The molecular formula is C13H10N4. The Morgan fingerprint density at radius 2 is 1.47 bits per heavy atom. The first-order valence-electron chi connectivity index (χ1n) is 5.32. The maximum Gasteiger partial charge on any atom is 0.122 e. The maximum absolute atomic E-state index is 4.20. The van der Waals surface area contributed by atoms with Crippen molar-refractivity contribution in [3.8, 4) is 22.5 Å². The van der Waals surface area contributed by atoms with Crippen molar-refractivity contribution in [2.24, 2.45) is 0 Å². The molecule has 0 spiro atoms.